The van der Waals surface area contributed by atoms with Gasteiger partial charge >= 0.3 is 0 Å². The third-order valence-corrected chi connectivity index (χ3v) is 5.74. The molecule has 0 spiro atoms. The lowest BCUT2D eigenvalue weighted by Crippen LogP contribution is -2.32. The first-order chi connectivity index (χ1) is 12.7. The van der Waals surface area contributed by atoms with E-state index < -0.39 is 0 Å². The molecule has 0 unspecified atom stereocenters. The van der Waals surface area contributed by atoms with E-state index in [0.29, 0.717) is 17.8 Å². The monoisotopic (exact) mass is 362 g/mol. The van der Waals surface area contributed by atoms with Crippen LogP contribution in [0.3, 0.4) is 0 Å². The summed E-state index contributed by atoms with van der Waals surface area (Å²) < 4.78 is 1.19. The maximum absolute atomic E-state index is 12.4. The minimum absolute atomic E-state index is 0.0391. The van der Waals surface area contributed by atoms with Crippen LogP contribution in [0.1, 0.15) is 29.5 Å². The van der Waals surface area contributed by atoms with E-state index in [2.05, 4.69) is 22.4 Å². The number of thiazole rings is 1. The summed E-state index contributed by atoms with van der Waals surface area (Å²) >= 11 is 1.72. The van der Waals surface area contributed by atoms with E-state index in [4.69, 9.17) is 10.2 Å². The Morgan fingerprint density at radius 2 is 2.08 bits per heavy atom. The molecule has 1 saturated heterocycles. The highest BCUT2D eigenvalue weighted by molar-refractivity contribution is 7.18. The van der Waals surface area contributed by atoms with Crippen LogP contribution in [0.4, 0.5) is 5.69 Å². The highest BCUT2D eigenvalue weighted by atomic mass is 32.1. The predicted molar refractivity (Wildman–Crippen MR) is 103 cm³/mol. The zero-order valence-corrected chi connectivity index (χ0v) is 15.0. The minimum Gasteiger partial charge on any atom is -0.325 e. The molecule has 0 aliphatic carbocycles. The number of nitrogens with zero attached hydrogens (tertiary/aromatic N) is 3. The number of carbonyl (C=O) groups is 1. The van der Waals surface area contributed by atoms with Crippen molar-refractivity contribution in [1.82, 2.24) is 9.88 Å². The van der Waals surface area contributed by atoms with Gasteiger partial charge in [-0.05, 0) is 55.8 Å². The number of hydrogen-bond donors (Lipinski definition) is 1. The number of likely N-dealkylation sites (tertiary alicyclic amines) is 1. The Bertz CT molecular complexity index is 940. The van der Waals surface area contributed by atoms with Crippen molar-refractivity contribution in [1.29, 1.82) is 5.26 Å². The molecule has 26 heavy (non-hydrogen) atoms. The fourth-order valence-corrected chi connectivity index (χ4v) is 4.48. The van der Waals surface area contributed by atoms with E-state index in [1.54, 1.807) is 35.6 Å². The van der Waals surface area contributed by atoms with Gasteiger partial charge < -0.3 is 5.32 Å². The van der Waals surface area contributed by atoms with Crippen LogP contribution in [0, 0.1) is 11.3 Å². The molecule has 1 aromatic heterocycles. The molecule has 130 valence electrons. The van der Waals surface area contributed by atoms with Gasteiger partial charge in [0.05, 0.1) is 34.4 Å². The Labute approximate surface area is 155 Å². The number of fused-ring (bicyclic) bond motifs is 1. The van der Waals surface area contributed by atoms with Gasteiger partial charge in [0, 0.05) is 5.69 Å². The normalized spacial score (nSPS) is 17.3. The molecule has 5 nitrogen and oxygen atoms in total. The van der Waals surface area contributed by atoms with E-state index in [1.807, 2.05) is 18.2 Å². The smallest absolute Gasteiger partial charge is 0.238 e. The lowest BCUT2D eigenvalue weighted by Gasteiger charge is -2.22. The lowest BCUT2D eigenvalue weighted by molar-refractivity contribution is -0.117. The summed E-state index contributed by atoms with van der Waals surface area (Å²) in [4.78, 5) is 19.4. The quantitative estimate of drug-likeness (QED) is 0.763. The van der Waals surface area contributed by atoms with Crippen molar-refractivity contribution in [3.05, 3.63) is 59.1 Å². The van der Waals surface area contributed by atoms with Gasteiger partial charge in [-0.15, -0.1) is 11.3 Å². The second-order valence-electron chi connectivity index (χ2n) is 6.39. The van der Waals surface area contributed by atoms with Crippen LogP contribution in [0.25, 0.3) is 10.2 Å². The highest BCUT2D eigenvalue weighted by Crippen LogP contribution is 2.36. The number of amides is 1. The van der Waals surface area contributed by atoms with Gasteiger partial charge in [0.15, 0.2) is 0 Å². The van der Waals surface area contributed by atoms with Crippen molar-refractivity contribution in [3.8, 4) is 6.07 Å². The number of carbonyl (C=O) groups excluding carboxylic acids is 1. The summed E-state index contributed by atoms with van der Waals surface area (Å²) in [6.07, 6.45) is 2.11. The fraction of sp³-hybridized carbons (Fsp3) is 0.250. The maximum atomic E-state index is 12.4. The molecular formula is C20H18N4OS. The summed E-state index contributed by atoms with van der Waals surface area (Å²) in [5.41, 5.74) is 2.32. The number of rotatable bonds is 4. The largest absolute Gasteiger partial charge is 0.325 e. The van der Waals surface area contributed by atoms with Crippen molar-refractivity contribution in [2.75, 3.05) is 18.4 Å². The van der Waals surface area contributed by atoms with Gasteiger partial charge in [0.25, 0.3) is 0 Å². The van der Waals surface area contributed by atoms with Crippen LogP contribution in [-0.2, 0) is 4.79 Å². The lowest BCUT2D eigenvalue weighted by atomic mass is 10.2. The van der Waals surface area contributed by atoms with Crippen LogP contribution in [0.5, 0.6) is 0 Å². The molecule has 2 heterocycles. The van der Waals surface area contributed by atoms with Gasteiger partial charge in [-0.1, -0.05) is 12.1 Å². The van der Waals surface area contributed by atoms with E-state index >= 15 is 0 Å². The first kappa shape index (κ1) is 16.7. The molecule has 1 amide bonds. The average Bonchev–Trinajstić information content (AvgIpc) is 3.28. The van der Waals surface area contributed by atoms with Crippen molar-refractivity contribution in [2.45, 2.75) is 18.9 Å². The Hall–Kier alpha value is -2.75. The number of nitriles is 1. The Balaban J connectivity index is 1.44. The van der Waals surface area contributed by atoms with Gasteiger partial charge in [-0.3, -0.25) is 9.69 Å². The van der Waals surface area contributed by atoms with Crippen molar-refractivity contribution < 1.29 is 4.79 Å². The van der Waals surface area contributed by atoms with Crippen molar-refractivity contribution >= 4 is 33.1 Å². The zero-order valence-electron chi connectivity index (χ0n) is 14.2. The second-order valence-corrected chi connectivity index (χ2v) is 7.45. The number of nitrogens with one attached hydrogen (secondary N) is 1. The van der Waals surface area contributed by atoms with E-state index in [9.17, 15) is 4.79 Å². The maximum Gasteiger partial charge on any atom is 0.238 e. The summed E-state index contributed by atoms with van der Waals surface area (Å²) in [7, 11) is 0. The van der Waals surface area contributed by atoms with Gasteiger partial charge in [-0.25, -0.2) is 4.98 Å². The van der Waals surface area contributed by atoms with Crippen LogP contribution < -0.4 is 5.32 Å². The molecule has 2 aromatic carbocycles. The Kier molecular flexibility index (Phi) is 4.65. The summed E-state index contributed by atoms with van der Waals surface area (Å²) in [5.74, 6) is -0.0391. The Morgan fingerprint density at radius 3 is 2.85 bits per heavy atom. The van der Waals surface area contributed by atoms with Crippen molar-refractivity contribution in [3.63, 3.8) is 0 Å². The molecule has 0 saturated carbocycles. The summed E-state index contributed by atoms with van der Waals surface area (Å²) in [6.45, 7) is 1.25. The van der Waals surface area contributed by atoms with Gasteiger partial charge in [-0.2, -0.15) is 5.26 Å². The predicted octanol–water partition coefficient (Wildman–Crippen LogP) is 3.94. The zero-order chi connectivity index (χ0) is 17.9. The molecule has 6 heteroatoms. The van der Waals surface area contributed by atoms with Crippen LogP contribution >= 0.6 is 11.3 Å². The molecular weight excluding hydrogens is 344 g/mol. The molecule has 1 aliphatic heterocycles. The molecule has 0 bridgehead atoms. The number of anilines is 1. The average molecular weight is 362 g/mol. The molecule has 1 N–H and O–H groups in total. The molecule has 1 fully saturated rings. The second kappa shape index (κ2) is 7.24. The van der Waals surface area contributed by atoms with Crippen LogP contribution in [0.15, 0.2) is 48.5 Å². The van der Waals surface area contributed by atoms with Crippen LogP contribution in [0.2, 0.25) is 0 Å². The topological polar surface area (TPSA) is 69.0 Å². The number of benzene rings is 2. The van der Waals surface area contributed by atoms with E-state index in [0.717, 1.165) is 29.9 Å². The van der Waals surface area contributed by atoms with Crippen molar-refractivity contribution in [2.24, 2.45) is 0 Å². The fourth-order valence-electron chi connectivity index (χ4n) is 3.34. The number of aromatic nitrogens is 1. The summed E-state index contributed by atoms with van der Waals surface area (Å²) in [6, 6.07) is 17.4. The van der Waals surface area contributed by atoms with E-state index in [-0.39, 0.29) is 11.9 Å². The standard InChI is InChI=1S/C20H18N4OS/c21-12-14-7-9-15(10-8-14)22-19(25)13-24-11-3-5-17(24)20-23-16-4-1-2-6-18(16)26-20/h1-2,4,6-10,17H,3,5,11,13H2,(H,22,25)/t17-/m1/s1. The van der Waals surface area contributed by atoms with Crippen LogP contribution in [-0.4, -0.2) is 28.9 Å². The first-order valence-corrected chi connectivity index (χ1v) is 9.44. The van der Waals surface area contributed by atoms with Gasteiger partial charge in [0.2, 0.25) is 5.91 Å². The Morgan fingerprint density at radius 1 is 1.27 bits per heavy atom. The SMILES string of the molecule is N#Cc1ccc(NC(=O)CN2CCC[C@@H]2c2nc3ccccc3s2)cc1. The third-order valence-electron chi connectivity index (χ3n) is 4.60. The van der Waals surface area contributed by atoms with E-state index in [1.165, 1.54) is 4.70 Å². The molecule has 0 radical (unpaired) electrons. The molecule has 1 atom stereocenters. The number of hydrogen-bond acceptors (Lipinski definition) is 5. The third kappa shape index (κ3) is 3.45. The molecule has 1 aliphatic rings. The first-order valence-electron chi connectivity index (χ1n) is 8.62. The molecule has 4 rings (SSSR count). The number of para-hydroxylation sites is 1. The molecule has 3 aromatic rings. The summed E-state index contributed by atoms with van der Waals surface area (Å²) in [5, 5.41) is 12.8. The van der Waals surface area contributed by atoms with Gasteiger partial charge in [0.1, 0.15) is 5.01 Å². The minimum atomic E-state index is -0.0391. The highest BCUT2D eigenvalue weighted by Gasteiger charge is 2.30.